The Morgan fingerprint density at radius 1 is 1.24 bits per heavy atom. The van der Waals surface area contributed by atoms with Crippen LogP contribution in [0.5, 0.6) is 0 Å². The molecule has 5 atom stereocenters. The fraction of sp³-hybridized carbons (Fsp3) is 0.607. The van der Waals surface area contributed by atoms with Gasteiger partial charge in [0.05, 0.1) is 28.6 Å². The van der Waals surface area contributed by atoms with E-state index in [0.717, 1.165) is 22.7 Å². The summed E-state index contributed by atoms with van der Waals surface area (Å²) in [5.74, 6) is -0.449. The Bertz CT molecular complexity index is 955. The van der Waals surface area contributed by atoms with Crippen LogP contribution in [-0.4, -0.2) is 34.1 Å². The van der Waals surface area contributed by atoms with Crippen LogP contribution in [0.25, 0.3) is 6.08 Å². The van der Waals surface area contributed by atoms with E-state index in [0.29, 0.717) is 6.42 Å². The summed E-state index contributed by atoms with van der Waals surface area (Å²) in [6, 6.07) is 0. The van der Waals surface area contributed by atoms with Crippen molar-refractivity contribution >= 4 is 29.2 Å². The number of hydrogen-bond acceptors (Lipinski definition) is 6. The highest BCUT2D eigenvalue weighted by Crippen LogP contribution is 2.34. The third kappa shape index (κ3) is 7.47. The average Bonchev–Trinajstić information content (AvgIpc) is 3.18. The molecule has 0 fully saturated rings. The molecule has 6 heteroatoms. The van der Waals surface area contributed by atoms with E-state index in [2.05, 4.69) is 44.0 Å². The molecule has 1 aliphatic rings. The Morgan fingerprint density at radius 3 is 2.53 bits per heavy atom. The predicted molar refractivity (Wildman–Crippen MR) is 139 cm³/mol. The monoisotopic (exact) mass is 487 g/mol. The van der Waals surface area contributed by atoms with E-state index in [-0.39, 0.29) is 30.0 Å². The molecular weight excluding hydrogens is 446 g/mol. The van der Waals surface area contributed by atoms with Crippen molar-refractivity contribution in [1.29, 1.82) is 0 Å². The molecular formula is C28H41NO4S. The number of rotatable bonds is 2. The molecule has 0 radical (unpaired) electrons. The largest absolute Gasteiger partial charge is 0.457 e. The summed E-state index contributed by atoms with van der Waals surface area (Å²) in [5, 5.41) is 13.8. The zero-order chi connectivity index (χ0) is 25.6. The lowest BCUT2D eigenvalue weighted by molar-refractivity contribution is -0.153. The van der Waals surface area contributed by atoms with Gasteiger partial charge in [0, 0.05) is 17.7 Å². The standard InChI is InChI=1S/C28H41NO4S/c1-17-10-9-11-18(2)20(4)21(5)27(32)28(7,8)25(30)15-26(31)33-24(13-12-17)19(3)14-23-16-34-22(6)29-23/h9,11-12,14,16,18,20-21,24-25,30H,10,13,15H2,1-8H3. The van der Waals surface area contributed by atoms with Crippen LogP contribution in [0.1, 0.15) is 78.4 Å². The van der Waals surface area contributed by atoms with E-state index in [1.807, 2.05) is 32.2 Å². The van der Waals surface area contributed by atoms with E-state index in [1.54, 1.807) is 25.2 Å². The van der Waals surface area contributed by atoms with Crippen molar-refractivity contribution in [3.63, 3.8) is 0 Å². The lowest BCUT2D eigenvalue weighted by Gasteiger charge is -2.34. The number of aromatic nitrogens is 1. The lowest BCUT2D eigenvalue weighted by Crippen LogP contribution is -2.43. The topological polar surface area (TPSA) is 76.5 Å². The van der Waals surface area contributed by atoms with Crippen LogP contribution >= 0.6 is 11.3 Å². The summed E-state index contributed by atoms with van der Waals surface area (Å²) in [7, 11) is 0. The fourth-order valence-electron chi connectivity index (χ4n) is 4.20. The first-order chi connectivity index (χ1) is 15.8. The summed E-state index contributed by atoms with van der Waals surface area (Å²) in [6.07, 6.45) is 7.91. The van der Waals surface area contributed by atoms with Crippen LogP contribution in [0, 0.1) is 30.1 Å². The lowest BCUT2D eigenvalue weighted by atomic mass is 9.71. The molecule has 2 rings (SSSR count). The minimum absolute atomic E-state index is 0.0322. The molecule has 0 amide bonds. The van der Waals surface area contributed by atoms with Gasteiger partial charge >= 0.3 is 5.97 Å². The Kier molecular flexibility index (Phi) is 10.0. The Balaban J connectivity index is 2.37. The molecule has 0 bridgehead atoms. The molecule has 1 N–H and O–H groups in total. The smallest absolute Gasteiger partial charge is 0.309 e. The molecule has 5 nitrogen and oxygen atoms in total. The molecule has 1 aromatic rings. The SMILES string of the molecule is CC1=CCC(C(C)=Cc2csc(C)n2)OC(=O)CC(O)C(C)(C)C(=O)C(C)C(C)C(C)C=CC1. The van der Waals surface area contributed by atoms with Crippen LogP contribution in [-0.2, 0) is 14.3 Å². The van der Waals surface area contributed by atoms with Gasteiger partial charge in [-0.1, -0.05) is 58.4 Å². The van der Waals surface area contributed by atoms with E-state index >= 15 is 0 Å². The van der Waals surface area contributed by atoms with Gasteiger partial charge in [0.2, 0.25) is 0 Å². The van der Waals surface area contributed by atoms with Crippen LogP contribution < -0.4 is 0 Å². The van der Waals surface area contributed by atoms with Crippen molar-refractivity contribution in [1.82, 2.24) is 4.98 Å². The molecule has 0 saturated carbocycles. The van der Waals surface area contributed by atoms with Gasteiger partial charge in [0.15, 0.2) is 0 Å². The van der Waals surface area contributed by atoms with Crippen LogP contribution in [0.3, 0.4) is 0 Å². The third-order valence-corrected chi connectivity index (χ3v) is 8.01. The number of ether oxygens (including phenoxy) is 1. The highest BCUT2D eigenvalue weighted by atomic mass is 32.1. The summed E-state index contributed by atoms with van der Waals surface area (Å²) in [5.41, 5.74) is 1.87. The average molecular weight is 488 g/mol. The number of aliphatic hydroxyl groups is 1. The number of cyclic esters (lactones) is 1. The molecule has 0 aromatic carbocycles. The van der Waals surface area contributed by atoms with E-state index in [9.17, 15) is 14.7 Å². The zero-order valence-corrected chi connectivity index (χ0v) is 22.7. The molecule has 1 aliphatic heterocycles. The summed E-state index contributed by atoms with van der Waals surface area (Å²) >= 11 is 1.57. The van der Waals surface area contributed by atoms with Gasteiger partial charge in [0.1, 0.15) is 11.9 Å². The van der Waals surface area contributed by atoms with Gasteiger partial charge in [-0.05, 0) is 50.7 Å². The predicted octanol–water partition coefficient (Wildman–Crippen LogP) is 6.32. The maximum atomic E-state index is 13.3. The Hall–Kier alpha value is -2.05. The molecule has 0 saturated heterocycles. The van der Waals surface area contributed by atoms with Gasteiger partial charge in [-0.25, -0.2) is 4.98 Å². The van der Waals surface area contributed by atoms with Crippen molar-refractivity contribution in [2.45, 2.75) is 86.9 Å². The van der Waals surface area contributed by atoms with Gasteiger partial charge < -0.3 is 9.84 Å². The molecule has 0 aliphatic carbocycles. The van der Waals surface area contributed by atoms with Crippen molar-refractivity contribution in [2.24, 2.45) is 23.2 Å². The number of allylic oxidation sites excluding steroid dienone is 3. The normalized spacial score (nSPS) is 30.1. The second-order valence-electron chi connectivity index (χ2n) is 10.4. The number of hydrogen-bond donors (Lipinski definition) is 1. The van der Waals surface area contributed by atoms with Crippen molar-refractivity contribution in [3.05, 3.63) is 45.5 Å². The Morgan fingerprint density at radius 2 is 1.91 bits per heavy atom. The molecule has 2 heterocycles. The fourth-order valence-corrected chi connectivity index (χ4v) is 4.77. The quantitative estimate of drug-likeness (QED) is 0.390. The Labute approximate surface area is 209 Å². The maximum Gasteiger partial charge on any atom is 0.309 e. The first-order valence-corrected chi connectivity index (χ1v) is 13.0. The van der Waals surface area contributed by atoms with Gasteiger partial charge in [-0.3, -0.25) is 9.59 Å². The number of aryl methyl sites for hydroxylation is 1. The minimum atomic E-state index is -1.12. The van der Waals surface area contributed by atoms with Crippen molar-refractivity contribution in [2.75, 3.05) is 0 Å². The maximum absolute atomic E-state index is 13.3. The summed E-state index contributed by atoms with van der Waals surface area (Å²) in [6.45, 7) is 15.5. The van der Waals surface area contributed by atoms with Crippen LogP contribution in [0.4, 0.5) is 0 Å². The second kappa shape index (κ2) is 12.1. The van der Waals surface area contributed by atoms with Crippen LogP contribution in [0.2, 0.25) is 0 Å². The zero-order valence-electron chi connectivity index (χ0n) is 21.9. The number of nitrogens with zero attached hydrogens (tertiary/aromatic N) is 1. The molecule has 1 aromatic heterocycles. The van der Waals surface area contributed by atoms with Crippen LogP contribution in [0.15, 0.2) is 34.8 Å². The number of carbonyl (C=O) groups is 2. The molecule has 34 heavy (non-hydrogen) atoms. The van der Waals surface area contributed by atoms with E-state index < -0.39 is 23.6 Å². The first-order valence-electron chi connectivity index (χ1n) is 12.2. The van der Waals surface area contributed by atoms with E-state index in [1.165, 1.54) is 5.57 Å². The molecule has 0 spiro atoms. The molecule has 5 unspecified atom stereocenters. The van der Waals surface area contributed by atoms with Gasteiger partial charge in [0.25, 0.3) is 0 Å². The van der Waals surface area contributed by atoms with Gasteiger partial charge in [-0.15, -0.1) is 11.3 Å². The number of esters is 1. The van der Waals surface area contributed by atoms with Crippen molar-refractivity contribution < 1.29 is 19.4 Å². The van der Waals surface area contributed by atoms with Gasteiger partial charge in [-0.2, -0.15) is 0 Å². The van der Waals surface area contributed by atoms with Crippen molar-refractivity contribution in [3.8, 4) is 0 Å². The van der Waals surface area contributed by atoms with E-state index in [4.69, 9.17) is 4.74 Å². The number of carbonyl (C=O) groups excluding carboxylic acids is 2. The number of ketones is 1. The number of aliphatic hydroxyl groups excluding tert-OH is 1. The minimum Gasteiger partial charge on any atom is -0.457 e. The summed E-state index contributed by atoms with van der Waals surface area (Å²) in [4.78, 5) is 30.7. The first kappa shape index (κ1) is 28.2. The summed E-state index contributed by atoms with van der Waals surface area (Å²) < 4.78 is 5.84. The molecule has 188 valence electrons. The second-order valence-corrected chi connectivity index (χ2v) is 11.5. The number of thiazole rings is 1. The highest BCUT2D eigenvalue weighted by molar-refractivity contribution is 7.09. The third-order valence-electron chi connectivity index (χ3n) is 7.21. The number of Topliss-reactive ketones (excluding diaryl/α,β-unsaturated/α-hetero) is 1. The highest BCUT2D eigenvalue weighted by Gasteiger charge is 2.41.